The number of nitrogens with zero attached hydrogens (tertiary/aromatic N) is 3. The van der Waals surface area contributed by atoms with E-state index in [1.807, 2.05) is 6.92 Å². The molecule has 0 bridgehead atoms. The number of esters is 1. The van der Waals surface area contributed by atoms with Crippen molar-refractivity contribution < 1.29 is 52.7 Å². The summed E-state index contributed by atoms with van der Waals surface area (Å²) in [6, 6.07) is 2.24. The zero-order valence-corrected chi connectivity index (χ0v) is 42.8. The second-order valence-corrected chi connectivity index (χ2v) is 19.1. The van der Waals surface area contributed by atoms with Crippen LogP contribution in [-0.2, 0) is 59.1 Å². The number of hydrogen-bond acceptors (Lipinski definition) is 11. The van der Waals surface area contributed by atoms with Gasteiger partial charge < -0.3 is 46.0 Å². The largest absolute Gasteiger partial charge is 0.452 e. The monoisotopic (exact) mass is 955 g/mol. The Hall–Kier alpha value is -5.88. The highest BCUT2D eigenvalue weighted by atomic mass is 16.5. The predicted molar refractivity (Wildman–Crippen MR) is 255 cm³/mol. The van der Waals surface area contributed by atoms with Crippen LogP contribution in [0.1, 0.15) is 108 Å². The molecule has 0 spiro atoms. The first-order chi connectivity index (χ1) is 31.7. The minimum atomic E-state index is -1.78. The number of nitrogens with one attached hydrogen (secondary N) is 5. The molecular weight excluding hydrogens is 877 g/mol. The molecule has 1 aromatic carbocycles. The lowest BCUT2D eigenvalue weighted by molar-refractivity contribution is -0.163. The Morgan fingerprint density at radius 2 is 1.18 bits per heavy atom. The van der Waals surface area contributed by atoms with E-state index in [1.165, 1.54) is 70.5 Å². The van der Waals surface area contributed by atoms with E-state index >= 15 is 0 Å². The van der Waals surface area contributed by atoms with Crippen LogP contribution in [0.25, 0.3) is 0 Å². The number of likely N-dealkylation sites (N-methyl/N-ethyl adjacent to an activating group) is 3. The smallest absolute Gasteiger partial charge is 0.311 e. The van der Waals surface area contributed by atoms with Gasteiger partial charge in [0.25, 0.3) is 5.91 Å². The molecule has 0 aliphatic carbocycles. The van der Waals surface area contributed by atoms with E-state index in [1.54, 1.807) is 71.9 Å². The van der Waals surface area contributed by atoms with Crippen LogP contribution in [0.4, 0.5) is 0 Å². The van der Waals surface area contributed by atoms with Gasteiger partial charge in [0.15, 0.2) is 11.9 Å². The maximum Gasteiger partial charge on any atom is 0.311 e. The quantitative estimate of drug-likeness (QED) is 0.186. The van der Waals surface area contributed by atoms with E-state index < -0.39 is 144 Å². The zero-order valence-electron chi connectivity index (χ0n) is 42.8. The first kappa shape index (κ1) is 58.2. The van der Waals surface area contributed by atoms with Gasteiger partial charge in [0.1, 0.15) is 29.6 Å². The topological polar surface area (TPSA) is 250 Å². The number of cyclic esters (lactones) is 1. The molecule has 1 saturated heterocycles. The molecule has 0 radical (unpaired) electrons. The summed E-state index contributed by atoms with van der Waals surface area (Å²) in [4.78, 5) is 142. The van der Waals surface area contributed by atoms with Gasteiger partial charge >= 0.3 is 5.97 Å². The average molecular weight is 955 g/mol. The molecule has 380 valence electrons. The highest BCUT2D eigenvalue weighted by molar-refractivity contribution is 6.09. The zero-order chi connectivity index (χ0) is 52.0. The Morgan fingerprint density at radius 1 is 0.647 bits per heavy atom. The molecule has 1 aromatic rings. The molecular formula is C49H78N8O11. The van der Waals surface area contributed by atoms with E-state index in [0.717, 1.165) is 0 Å². The summed E-state index contributed by atoms with van der Waals surface area (Å²) in [6.45, 7) is 18.2. The standard InChI is InChI=1S/C49H78N8O11/c1-16-28(6)39-44(63)50-25-36(58)56(14)38(27(4)5)46(65)55(13)35(24-33-22-20-19-21-23-33)43(62)52-31(9)41(60)49(11,12)48(67)53-32(10)42(61)54-34(18-3)30(8)47(66)68-40(29(7)17-2)45(64)51-26-37(59)57(39)15/h19-23,27-32,34-35,38-40H,16-18,24-26H2,1-15H3,(H,50,63)(H,51,64)(H,52,62)(H,53,67)(H,54,61)/t28-,29-,30-,31-,32-,34+,35-,38-,39-,40-/m0/s1. The normalized spacial score (nSPS) is 27.6. The van der Waals surface area contributed by atoms with Crippen LogP contribution >= 0.6 is 0 Å². The summed E-state index contributed by atoms with van der Waals surface area (Å²) in [7, 11) is 4.24. The Bertz CT molecular complexity index is 1980. The van der Waals surface area contributed by atoms with Crippen molar-refractivity contribution in [2.24, 2.45) is 29.1 Å². The Morgan fingerprint density at radius 3 is 1.69 bits per heavy atom. The molecule has 68 heavy (non-hydrogen) atoms. The van der Waals surface area contributed by atoms with Gasteiger partial charge in [-0.3, -0.25) is 47.9 Å². The van der Waals surface area contributed by atoms with E-state index in [4.69, 9.17) is 4.74 Å². The van der Waals surface area contributed by atoms with Crippen molar-refractivity contribution in [3.8, 4) is 0 Å². The molecule has 10 atom stereocenters. The highest BCUT2D eigenvalue weighted by Gasteiger charge is 2.43. The van der Waals surface area contributed by atoms with Crippen LogP contribution in [0.5, 0.6) is 0 Å². The van der Waals surface area contributed by atoms with E-state index in [9.17, 15) is 47.9 Å². The van der Waals surface area contributed by atoms with Crippen LogP contribution in [0.15, 0.2) is 30.3 Å². The van der Waals surface area contributed by atoms with Gasteiger partial charge in [0, 0.05) is 39.5 Å². The number of ether oxygens (including phenoxy) is 1. The summed E-state index contributed by atoms with van der Waals surface area (Å²) < 4.78 is 5.75. The first-order valence-corrected chi connectivity index (χ1v) is 23.7. The Balaban J connectivity index is 2.66. The van der Waals surface area contributed by atoms with Gasteiger partial charge in [-0.15, -0.1) is 0 Å². The van der Waals surface area contributed by atoms with Crippen molar-refractivity contribution in [2.45, 2.75) is 151 Å². The number of hydrogen-bond donors (Lipinski definition) is 5. The molecule has 0 unspecified atom stereocenters. The molecule has 1 aliphatic rings. The fourth-order valence-corrected chi connectivity index (χ4v) is 8.03. The minimum absolute atomic E-state index is 0.0192. The van der Waals surface area contributed by atoms with Gasteiger partial charge in [-0.05, 0) is 64.9 Å². The molecule has 1 aliphatic heterocycles. The van der Waals surface area contributed by atoms with Crippen molar-refractivity contribution in [1.82, 2.24) is 41.3 Å². The third-order valence-electron chi connectivity index (χ3n) is 13.3. The lowest BCUT2D eigenvalue weighted by Gasteiger charge is -2.37. The van der Waals surface area contributed by atoms with Crippen molar-refractivity contribution in [2.75, 3.05) is 34.2 Å². The number of rotatable bonds is 8. The Kier molecular flexibility index (Phi) is 22.3. The van der Waals surface area contributed by atoms with Crippen molar-refractivity contribution in [3.63, 3.8) is 0 Å². The van der Waals surface area contributed by atoms with Gasteiger partial charge in [-0.2, -0.15) is 0 Å². The molecule has 0 saturated carbocycles. The highest BCUT2D eigenvalue weighted by Crippen LogP contribution is 2.23. The summed E-state index contributed by atoms with van der Waals surface area (Å²) in [5, 5.41) is 13.2. The van der Waals surface area contributed by atoms with Gasteiger partial charge in [-0.1, -0.05) is 85.2 Å². The van der Waals surface area contributed by atoms with Crippen LogP contribution in [0.3, 0.4) is 0 Å². The number of ketones is 1. The third-order valence-corrected chi connectivity index (χ3v) is 13.3. The third kappa shape index (κ3) is 15.1. The fourth-order valence-electron chi connectivity index (χ4n) is 8.03. The number of amides is 8. The summed E-state index contributed by atoms with van der Waals surface area (Å²) in [5.41, 5.74) is -1.08. The van der Waals surface area contributed by atoms with E-state index in [-0.39, 0.29) is 12.8 Å². The number of carbonyl (C=O) groups is 10. The number of carbonyl (C=O) groups excluding carboxylic acids is 10. The van der Waals surface area contributed by atoms with Crippen molar-refractivity contribution >= 4 is 59.0 Å². The van der Waals surface area contributed by atoms with Gasteiger partial charge in [0.2, 0.25) is 41.4 Å². The summed E-state index contributed by atoms with van der Waals surface area (Å²) in [6.07, 6.45) is -0.161. The molecule has 19 nitrogen and oxygen atoms in total. The van der Waals surface area contributed by atoms with Crippen LogP contribution in [0, 0.1) is 29.1 Å². The molecule has 1 fully saturated rings. The Labute approximate surface area is 402 Å². The first-order valence-electron chi connectivity index (χ1n) is 23.7. The van der Waals surface area contributed by atoms with Crippen LogP contribution < -0.4 is 26.6 Å². The molecule has 19 heteroatoms. The molecule has 1 heterocycles. The van der Waals surface area contributed by atoms with Gasteiger partial charge in [-0.25, -0.2) is 0 Å². The summed E-state index contributed by atoms with van der Waals surface area (Å²) in [5.74, 6) is -9.29. The van der Waals surface area contributed by atoms with E-state index in [0.29, 0.717) is 18.4 Å². The van der Waals surface area contributed by atoms with E-state index in [2.05, 4.69) is 26.6 Å². The van der Waals surface area contributed by atoms with Gasteiger partial charge in [0.05, 0.1) is 25.0 Å². The molecule has 5 N–H and O–H groups in total. The summed E-state index contributed by atoms with van der Waals surface area (Å²) >= 11 is 0. The second kappa shape index (κ2) is 26.0. The minimum Gasteiger partial charge on any atom is -0.452 e. The maximum atomic E-state index is 14.5. The number of Topliss-reactive ketones (excluding diaryl/α,β-unsaturated/α-hetero) is 1. The second-order valence-electron chi connectivity index (χ2n) is 19.1. The van der Waals surface area contributed by atoms with Crippen LogP contribution in [-0.4, -0.2) is 150 Å². The lowest BCUT2D eigenvalue weighted by atomic mass is 9.83. The van der Waals surface area contributed by atoms with Crippen LogP contribution in [0.2, 0.25) is 0 Å². The maximum absolute atomic E-state index is 14.5. The molecule has 8 amide bonds. The average Bonchev–Trinajstić information content (AvgIpc) is 3.30. The molecule has 0 aromatic heterocycles. The SMILES string of the molecule is CC[C@H](C)[C@@H]1OC(=O)[C@@H](C)[C@@H](CC)NC(=O)[C@H](C)NC(=O)C(C)(C)C(=O)[C@H](C)NC(=O)[C@H](Cc2ccccc2)N(C)C(=O)[C@H](C(C)C)N(C)C(=O)CNC(=O)[C@H]([C@@H](C)CC)N(C)C(=O)CNC1=O. The fraction of sp³-hybridized carbons (Fsp3) is 0.673. The number of benzene rings is 1. The predicted octanol–water partition coefficient (Wildman–Crippen LogP) is 1.75. The van der Waals surface area contributed by atoms with Crippen molar-refractivity contribution in [3.05, 3.63) is 35.9 Å². The lowest BCUT2D eigenvalue weighted by Crippen LogP contribution is -2.60. The van der Waals surface area contributed by atoms with Crippen molar-refractivity contribution in [1.29, 1.82) is 0 Å². The molecule has 2 rings (SSSR count).